The van der Waals surface area contributed by atoms with Crippen LogP contribution < -0.4 is 4.31 Å². The molecule has 8 heteroatoms. The molecule has 2 aromatic rings. The number of amides is 1. The lowest BCUT2D eigenvalue weighted by molar-refractivity contribution is 0.0726. The average Bonchev–Trinajstić information content (AvgIpc) is 3.26. The van der Waals surface area contributed by atoms with Crippen LogP contribution in [-0.2, 0) is 23.5 Å². The summed E-state index contributed by atoms with van der Waals surface area (Å²) in [6.07, 6.45) is 3.56. The smallest absolute Gasteiger partial charge is 0.257 e. The predicted octanol–water partition coefficient (Wildman–Crippen LogP) is 1.73. The van der Waals surface area contributed by atoms with Gasteiger partial charge in [0.15, 0.2) is 0 Å². The first-order chi connectivity index (χ1) is 12.9. The van der Waals surface area contributed by atoms with E-state index < -0.39 is 15.3 Å². The van der Waals surface area contributed by atoms with Gasteiger partial charge >= 0.3 is 0 Å². The van der Waals surface area contributed by atoms with Crippen molar-refractivity contribution in [2.45, 2.75) is 31.4 Å². The van der Waals surface area contributed by atoms with Crippen LogP contribution in [0.3, 0.4) is 0 Å². The van der Waals surface area contributed by atoms with E-state index in [1.807, 2.05) is 31.2 Å². The Labute approximate surface area is 159 Å². The van der Waals surface area contributed by atoms with Gasteiger partial charge in [-0.15, -0.1) is 0 Å². The molecular formula is C19H24N4O3S. The maximum Gasteiger partial charge on any atom is 0.257 e. The van der Waals surface area contributed by atoms with E-state index in [9.17, 15) is 13.2 Å². The van der Waals surface area contributed by atoms with E-state index in [0.29, 0.717) is 31.5 Å². The van der Waals surface area contributed by atoms with E-state index in [1.165, 1.54) is 4.31 Å². The van der Waals surface area contributed by atoms with Crippen LogP contribution >= 0.6 is 0 Å². The van der Waals surface area contributed by atoms with Crippen molar-refractivity contribution in [3.63, 3.8) is 0 Å². The number of carbonyl (C=O) groups excluding carboxylic acids is 1. The SMILES string of the molecule is Cc1c(C(=O)N2CCC[C@H](S(=O)(=O)N3CCc4ccccc43)C2)cnn1C. The zero-order valence-corrected chi connectivity index (χ0v) is 16.4. The minimum Gasteiger partial charge on any atom is -0.337 e. The third kappa shape index (κ3) is 3.01. The Balaban J connectivity index is 1.56. The van der Waals surface area contributed by atoms with Gasteiger partial charge in [-0.25, -0.2) is 8.42 Å². The molecule has 0 N–H and O–H groups in total. The lowest BCUT2D eigenvalue weighted by Gasteiger charge is -2.35. The van der Waals surface area contributed by atoms with E-state index in [2.05, 4.69) is 5.10 Å². The highest BCUT2D eigenvalue weighted by Gasteiger charge is 2.39. The Morgan fingerprint density at radius 2 is 2.00 bits per heavy atom. The van der Waals surface area contributed by atoms with Crippen LogP contribution in [0.25, 0.3) is 0 Å². The summed E-state index contributed by atoms with van der Waals surface area (Å²) in [5.41, 5.74) is 3.18. The van der Waals surface area contributed by atoms with Gasteiger partial charge in [0.2, 0.25) is 10.0 Å². The highest BCUT2D eigenvalue weighted by Crippen LogP contribution is 2.33. The molecule has 3 heterocycles. The molecule has 144 valence electrons. The number of aryl methyl sites for hydroxylation is 1. The quantitative estimate of drug-likeness (QED) is 0.802. The van der Waals surface area contributed by atoms with E-state index in [0.717, 1.165) is 23.4 Å². The van der Waals surface area contributed by atoms with Crippen molar-refractivity contribution in [1.29, 1.82) is 0 Å². The number of benzene rings is 1. The average molecular weight is 388 g/mol. The number of anilines is 1. The Morgan fingerprint density at radius 1 is 1.22 bits per heavy atom. The first kappa shape index (κ1) is 18.0. The summed E-state index contributed by atoms with van der Waals surface area (Å²) in [7, 11) is -1.72. The molecule has 1 fully saturated rings. The molecule has 2 aliphatic heterocycles. The number of likely N-dealkylation sites (tertiary alicyclic amines) is 1. The fourth-order valence-corrected chi connectivity index (χ4v) is 5.99. The summed E-state index contributed by atoms with van der Waals surface area (Å²) in [5.74, 6) is -0.137. The Morgan fingerprint density at radius 3 is 2.74 bits per heavy atom. The molecule has 0 saturated carbocycles. The number of hydrogen-bond donors (Lipinski definition) is 0. The molecule has 1 aromatic heterocycles. The third-order valence-electron chi connectivity index (χ3n) is 5.70. The van der Waals surface area contributed by atoms with Crippen LogP contribution in [0.15, 0.2) is 30.5 Å². The first-order valence-corrected chi connectivity index (χ1v) is 10.8. The van der Waals surface area contributed by atoms with Crippen LogP contribution in [0.2, 0.25) is 0 Å². The predicted molar refractivity (Wildman–Crippen MR) is 103 cm³/mol. The Bertz CT molecular complexity index is 983. The maximum atomic E-state index is 13.3. The molecule has 4 rings (SSSR count). The van der Waals surface area contributed by atoms with Gasteiger partial charge < -0.3 is 4.90 Å². The van der Waals surface area contributed by atoms with Gasteiger partial charge in [-0.1, -0.05) is 18.2 Å². The molecule has 1 amide bonds. The number of piperidine rings is 1. The third-order valence-corrected chi connectivity index (χ3v) is 7.92. The highest BCUT2D eigenvalue weighted by molar-refractivity contribution is 7.93. The monoisotopic (exact) mass is 388 g/mol. The number of hydrogen-bond acceptors (Lipinski definition) is 4. The summed E-state index contributed by atoms with van der Waals surface area (Å²) in [4.78, 5) is 14.6. The fraction of sp³-hybridized carbons (Fsp3) is 0.474. The van der Waals surface area contributed by atoms with Crippen molar-refractivity contribution >= 4 is 21.6 Å². The van der Waals surface area contributed by atoms with E-state index in [4.69, 9.17) is 0 Å². The molecule has 1 aromatic carbocycles. The molecule has 0 bridgehead atoms. The number of carbonyl (C=O) groups is 1. The van der Waals surface area contributed by atoms with Crippen molar-refractivity contribution < 1.29 is 13.2 Å². The molecule has 2 aliphatic rings. The van der Waals surface area contributed by atoms with Crippen LogP contribution in [0.1, 0.15) is 34.5 Å². The highest BCUT2D eigenvalue weighted by atomic mass is 32.2. The summed E-state index contributed by atoms with van der Waals surface area (Å²) >= 11 is 0. The van der Waals surface area contributed by atoms with Crippen molar-refractivity contribution in [3.8, 4) is 0 Å². The summed E-state index contributed by atoms with van der Waals surface area (Å²) < 4.78 is 29.8. The van der Waals surface area contributed by atoms with Gasteiger partial charge in [0.05, 0.1) is 22.7 Å². The van der Waals surface area contributed by atoms with Crippen molar-refractivity contribution in [1.82, 2.24) is 14.7 Å². The second-order valence-corrected chi connectivity index (χ2v) is 9.42. The standard InChI is InChI=1S/C19H24N4O3S/c1-14-17(12-20-21(14)2)19(24)22-10-5-7-16(13-22)27(25,26)23-11-9-15-6-3-4-8-18(15)23/h3-4,6,8,12,16H,5,7,9-11,13H2,1-2H3/t16-/m0/s1. The van der Waals surface area contributed by atoms with Crippen LogP contribution in [0.4, 0.5) is 5.69 Å². The van der Waals surface area contributed by atoms with Crippen molar-refractivity contribution in [2.75, 3.05) is 23.9 Å². The number of aromatic nitrogens is 2. The van der Waals surface area contributed by atoms with Crippen LogP contribution in [-0.4, -0.2) is 53.9 Å². The Kier molecular flexibility index (Phi) is 4.46. The minimum atomic E-state index is -3.51. The lowest BCUT2D eigenvalue weighted by Crippen LogP contribution is -2.49. The normalized spacial score (nSPS) is 20.0. The molecule has 0 spiro atoms. The maximum absolute atomic E-state index is 13.3. The van der Waals surface area contributed by atoms with Gasteiger partial charge in [0.25, 0.3) is 5.91 Å². The topological polar surface area (TPSA) is 75.5 Å². The van der Waals surface area contributed by atoms with Crippen LogP contribution in [0, 0.1) is 6.92 Å². The lowest BCUT2D eigenvalue weighted by atomic mass is 10.1. The molecule has 27 heavy (non-hydrogen) atoms. The largest absolute Gasteiger partial charge is 0.337 e. The van der Waals surface area contributed by atoms with Crippen LogP contribution in [0.5, 0.6) is 0 Å². The molecule has 7 nitrogen and oxygen atoms in total. The Hall–Kier alpha value is -2.35. The fourth-order valence-electron chi connectivity index (χ4n) is 4.00. The van der Waals surface area contributed by atoms with Crippen molar-refractivity contribution in [2.24, 2.45) is 7.05 Å². The number of para-hydroxylation sites is 1. The molecule has 1 atom stereocenters. The van der Waals surface area contributed by atoms with Gasteiger partial charge in [-0.05, 0) is 37.8 Å². The first-order valence-electron chi connectivity index (χ1n) is 9.27. The zero-order valence-electron chi connectivity index (χ0n) is 15.6. The summed E-state index contributed by atoms with van der Waals surface area (Å²) in [6.45, 7) is 3.14. The van der Waals surface area contributed by atoms with E-state index in [-0.39, 0.29) is 12.5 Å². The van der Waals surface area contributed by atoms with E-state index >= 15 is 0 Å². The second kappa shape index (κ2) is 6.67. The number of nitrogens with zero attached hydrogens (tertiary/aromatic N) is 4. The number of fused-ring (bicyclic) bond motifs is 1. The minimum absolute atomic E-state index is 0.137. The molecule has 0 radical (unpaired) electrons. The molecule has 0 aliphatic carbocycles. The van der Waals surface area contributed by atoms with Gasteiger partial charge in [-0.2, -0.15) is 5.10 Å². The second-order valence-electron chi connectivity index (χ2n) is 7.28. The molecule has 1 saturated heterocycles. The summed E-state index contributed by atoms with van der Waals surface area (Å²) in [6, 6.07) is 7.65. The van der Waals surface area contributed by atoms with Gasteiger partial charge in [0.1, 0.15) is 0 Å². The molecular weight excluding hydrogens is 364 g/mol. The number of sulfonamides is 1. The van der Waals surface area contributed by atoms with Crippen molar-refractivity contribution in [3.05, 3.63) is 47.3 Å². The number of rotatable bonds is 3. The zero-order chi connectivity index (χ0) is 19.2. The van der Waals surface area contributed by atoms with Gasteiger partial charge in [0, 0.05) is 32.4 Å². The van der Waals surface area contributed by atoms with Gasteiger partial charge in [-0.3, -0.25) is 13.8 Å². The summed E-state index contributed by atoms with van der Waals surface area (Å²) in [5, 5.41) is 3.56. The molecule has 0 unspecified atom stereocenters. The van der Waals surface area contributed by atoms with E-state index in [1.54, 1.807) is 22.8 Å².